The van der Waals surface area contributed by atoms with Crippen molar-refractivity contribution in [3.8, 4) is 0 Å². The van der Waals surface area contributed by atoms with E-state index in [1.807, 2.05) is 13.0 Å². The van der Waals surface area contributed by atoms with Crippen LogP contribution in [0, 0.1) is 6.92 Å². The Balaban J connectivity index is 2.62. The number of hydrogen-bond donors (Lipinski definition) is 1. The molecule has 1 heterocycles. The quantitative estimate of drug-likeness (QED) is 0.692. The summed E-state index contributed by atoms with van der Waals surface area (Å²) in [5.74, 6) is 2.08. The van der Waals surface area contributed by atoms with E-state index in [4.69, 9.17) is 4.42 Å². The number of hydrogen-bond acceptors (Lipinski definition) is 3. The number of rotatable bonds is 9. The van der Waals surface area contributed by atoms with E-state index in [1.165, 1.54) is 5.56 Å². The van der Waals surface area contributed by atoms with Crippen LogP contribution in [0.2, 0.25) is 0 Å². The van der Waals surface area contributed by atoms with Crippen LogP contribution >= 0.6 is 0 Å². The minimum absolute atomic E-state index is 0.495. The van der Waals surface area contributed by atoms with E-state index in [1.54, 1.807) is 0 Å². The van der Waals surface area contributed by atoms with Gasteiger partial charge >= 0.3 is 0 Å². The topological polar surface area (TPSA) is 28.4 Å². The second-order valence-corrected chi connectivity index (χ2v) is 5.35. The molecule has 0 fully saturated rings. The number of nitrogens with one attached hydrogen (secondary N) is 1. The van der Waals surface area contributed by atoms with Gasteiger partial charge in [-0.15, -0.1) is 6.58 Å². The molecule has 0 aliphatic rings. The number of aryl methyl sites for hydroxylation is 1. The summed E-state index contributed by atoms with van der Waals surface area (Å²) in [6.07, 6.45) is 3.10. The van der Waals surface area contributed by atoms with Crippen molar-refractivity contribution in [1.29, 1.82) is 0 Å². The van der Waals surface area contributed by atoms with Crippen LogP contribution in [0.1, 0.15) is 44.3 Å². The van der Waals surface area contributed by atoms with E-state index in [2.05, 4.69) is 43.6 Å². The highest BCUT2D eigenvalue weighted by Crippen LogP contribution is 2.16. The van der Waals surface area contributed by atoms with Crippen molar-refractivity contribution in [3.05, 3.63) is 35.8 Å². The van der Waals surface area contributed by atoms with Crippen molar-refractivity contribution < 1.29 is 4.42 Å². The zero-order chi connectivity index (χ0) is 14.3. The average molecular weight is 264 g/mol. The molecule has 0 aliphatic heterocycles. The summed E-state index contributed by atoms with van der Waals surface area (Å²) < 4.78 is 5.85. The normalized spacial score (nSPS) is 11.5. The fraction of sp³-hybridized carbons (Fsp3) is 0.625. The molecule has 0 saturated heterocycles. The average Bonchev–Trinajstić information content (AvgIpc) is 2.67. The Morgan fingerprint density at radius 3 is 2.79 bits per heavy atom. The predicted molar refractivity (Wildman–Crippen MR) is 81.2 cm³/mol. The van der Waals surface area contributed by atoms with E-state index in [0.29, 0.717) is 6.04 Å². The molecule has 0 radical (unpaired) electrons. The summed E-state index contributed by atoms with van der Waals surface area (Å²) >= 11 is 0. The zero-order valence-electron chi connectivity index (χ0n) is 12.8. The van der Waals surface area contributed by atoms with Crippen molar-refractivity contribution in [3.63, 3.8) is 0 Å². The molecule has 0 saturated carbocycles. The third kappa shape index (κ3) is 5.62. The Labute approximate surface area is 117 Å². The van der Waals surface area contributed by atoms with Gasteiger partial charge in [0.15, 0.2) is 0 Å². The van der Waals surface area contributed by atoms with Gasteiger partial charge in [-0.2, -0.15) is 0 Å². The van der Waals surface area contributed by atoms with Gasteiger partial charge in [0.2, 0.25) is 0 Å². The van der Waals surface area contributed by atoms with Gasteiger partial charge in [-0.3, -0.25) is 4.90 Å². The lowest BCUT2D eigenvalue weighted by atomic mass is 10.2. The Morgan fingerprint density at radius 1 is 1.47 bits per heavy atom. The highest BCUT2D eigenvalue weighted by molar-refractivity contribution is 5.20. The van der Waals surface area contributed by atoms with Gasteiger partial charge in [-0.1, -0.05) is 26.8 Å². The van der Waals surface area contributed by atoms with Gasteiger partial charge in [-0.05, 0) is 26.0 Å². The fourth-order valence-corrected chi connectivity index (χ4v) is 2.11. The second kappa shape index (κ2) is 8.18. The van der Waals surface area contributed by atoms with Gasteiger partial charge in [0, 0.05) is 24.7 Å². The Bertz CT molecular complexity index is 382. The SMILES string of the molecule is C=CCN(CCC)Cc1cc(CNC(C)C)c(C)o1. The first-order chi connectivity index (χ1) is 9.06. The molecule has 0 bridgehead atoms. The Kier molecular flexibility index (Phi) is 6.89. The van der Waals surface area contributed by atoms with Crippen molar-refractivity contribution in [2.24, 2.45) is 0 Å². The lowest BCUT2D eigenvalue weighted by Crippen LogP contribution is -2.24. The monoisotopic (exact) mass is 264 g/mol. The predicted octanol–water partition coefficient (Wildman–Crippen LogP) is 3.48. The molecule has 3 nitrogen and oxygen atoms in total. The van der Waals surface area contributed by atoms with Gasteiger partial charge in [0.05, 0.1) is 6.54 Å². The highest BCUT2D eigenvalue weighted by atomic mass is 16.3. The molecule has 3 heteroatoms. The molecular weight excluding hydrogens is 236 g/mol. The first-order valence-electron chi connectivity index (χ1n) is 7.21. The first kappa shape index (κ1) is 16.0. The maximum atomic E-state index is 5.85. The molecule has 0 amide bonds. The van der Waals surface area contributed by atoms with Gasteiger partial charge in [-0.25, -0.2) is 0 Å². The molecule has 0 aliphatic carbocycles. The molecule has 19 heavy (non-hydrogen) atoms. The first-order valence-corrected chi connectivity index (χ1v) is 7.21. The van der Waals surface area contributed by atoms with Gasteiger partial charge in [0.1, 0.15) is 11.5 Å². The second-order valence-electron chi connectivity index (χ2n) is 5.35. The fourth-order valence-electron chi connectivity index (χ4n) is 2.11. The summed E-state index contributed by atoms with van der Waals surface area (Å²) in [6.45, 7) is 16.1. The van der Waals surface area contributed by atoms with Crippen LogP contribution in [0.4, 0.5) is 0 Å². The van der Waals surface area contributed by atoms with Crippen LogP contribution in [-0.4, -0.2) is 24.0 Å². The third-order valence-electron chi connectivity index (χ3n) is 3.08. The third-order valence-corrected chi connectivity index (χ3v) is 3.08. The molecule has 0 spiro atoms. The van der Waals surface area contributed by atoms with Crippen LogP contribution < -0.4 is 5.32 Å². The standard InChI is InChI=1S/C16H28N2O/c1-6-8-18(9-7-2)12-16-10-15(14(5)19-16)11-17-13(3)4/h6,10,13,17H,1,7-9,11-12H2,2-5H3. The Hall–Kier alpha value is -1.06. The van der Waals surface area contributed by atoms with Crippen LogP contribution in [0.3, 0.4) is 0 Å². The Morgan fingerprint density at radius 2 is 2.21 bits per heavy atom. The summed E-state index contributed by atoms with van der Waals surface area (Å²) in [5, 5.41) is 3.43. The summed E-state index contributed by atoms with van der Waals surface area (Å²) in [7, 11) is 0. The molecular formula is C16H28N2O. The molecule has 0 unspecified atom stereocenters. The van der Waals surface area contributed by atoms with Crippen molar-refractivity contribution >= 4 is 0 Å². The number of furan rings is 1. The molecule has 108 valence electrons. The van der Waals surface area contributed by atoms with Crippen molar-refractivity contribution in [2.45, 2.75) is 53.2 Å². The molecule has 1 rings (SSSR count). The molecule has 0 aromatic carbocycles. The van der Waals surface area contributed by atoms with Crippen LogP contribution in [0.25, 0.3) is 0 Å². The van der Waals surface area contributed by atoms with Gasteiger partial charge < -0.3 is 9.73 Å². The van der Waals surface area contributed by atoms with Crippen LogP contribution in [0.5, 0.6) is 0 Å². The van der Waals surface area contributed by atoms with E-state index >= 15 is 0 Å². The minimum atomic E-state index is 0.495. The maximum Gasteiger partial charge on any atom is 0.118 e. The summed E-state index contributed by atoms with van der Waals surface area (Å²) in [4.78, 5) is 2.35. The zero-order valence-corrected chi connectivity index (χ0v) is 12.8. The lowest BCUT2D eigenvalue weighted by Gasteiger charge is -2.17. The molecule has 1 aromatic heterocycles. The minimum Gasteiger partial charge on any atom is -0.465 e. The summed E-state index contributed by atoms with van der Waals surface area (Å²) in [5.41, 5.74) is 1.26. The largest absolute Gasteiger partial charge is 0.465 e. The van der Waals surface area contributed by atoms with Crippen LogP contribution in [-0.2, 0) is 13.1 Å². The maximum absolute atomic E-state index is 5.85. The van der Waals surface area contributed by atoms with Crippen molar-refractivity contribution in [2.75, 3.05) is 13.1 Å². The van der Waals surface area contributed by atoms with Crippen LogP contribution in [0.15, 0.2) is 23.1 Å². The van der Waals surface area contributed by atoms with Gasteiger partial charge in [0.25, 0.3) is 0 Å². The lowest BCUT2D eigenvalue weighted by molar-refractivity contribution is 0.266. The smallest absolute Gasteiger partial charge is 0.118 e. The molecule has 1 N–H and O–H groups in total. The van der Waals surface area contributed by atoms with E-state index in [9.17, 15) is 0 Å². The van der Waals surface area contributed by atoms with E-state index in [-0.39, 0.29) is 0 Å². The highest BCUT2D eigenvalue weighted by Gasteiger charge is 2.11. The van der Waals surface area contributed by atoms with Crippen molar-refractivity contribution in [1.82, 2.24) is 10.2 Å². The summed E-state index contributed by atoms with van der Waals surface area (Å²) in [6, 6.07) is 2.67. The molecule has 1 aromatic rings. The number of nitrogens with zero attached hydrogens (tertiary/aromatic N) is 1. The van der Waals surface area contributed by atoms with E-state index < -0.39 is 0 Å². The van der Waals surface area contributed by atoms with E-state index in [0.717, 1.165) is 44.1 Å². The molecule has 0 atom stereocenters.